The van der Waals surface area contributed by atoms with Crippen molar-refractivity contribution in [1.29, 1.82) is 0 Å². The number of rotatable bonds is 2. The van der Waals surface area contributed by atoms with E-state index in [1.165, 1.54) is 0 Å². The lowest BCUT2D eigenvalue weighted by Gasteiger charge is -2.13. The molecule has 1 aliphatic rings. The molecule has 1 aromatic carbocycles. The maximum atomic E-state index is 12.6. The van der Waals surface area contributed by atoms with Crippen molar-refractivity contribution in [1.82, 2.24) is 4.98 Å². The Bertz CT molecular complexity index is 931. The van der Waals surface area contributed by atoms with Crippen molar-refractivity contribution in [2.75, 3.05) is 0 Å². The maximum absolute atomic E-state index is 12.6. The van der Waals surface area contributed by atoms with Crippen LogP contribution in [0.2, 0.25) is 5.02 Å². The standard InChI is InChI=1S/C18H11ClN2OS/c19-13-6-2-1-5-11(13)12-10-23-16-9-15(21-18(22)17(12)16)14-7-3-4-8-20-14/h1-8,10H,9H2. The molecule has 112 valence electrons. The highest BCUT2D eigenvalue weighted by molar-refractivity contribution is 7.11. The quantitative estimate of drug-likeness (QED) is 0.682. The fraction of sp³-hybridized carbons (Fsp3) is 0.0556. The monoisotopic (exact) mass is 338 g/mol. The topological polar surface area (TPSA) is 42.3 Å². The number of aliphatic imine (C=N–C) groups is 1. The summed E-state index contributed by atoms with van der Waals surface area (Å²) in [5, 5.41) is 2.63. The Morgan fingerprint density at radius 1 is 1.04 bits per heavy atom. The van der Waals surface area contributed by atoms with E-state index in [0.29, 0.717) is 17.0 Å². The van der Waals surface area contributed by atoms with Gasteiger partial charge in [0.2, 0.25) is 0 Å². The molecule has 1 aliphatic heterocycles. The van der Waals surface area contributed by atoms with Gasteiger partial charge < -0.3 is 0 Å². The van der Waals surface area contributed by atoms with Crippen molar-refractivity contribution >= 4 is 34.6 Å². The first-order chi connectivity index (χ1) is 11.2. The van der Waals surface area contributed by atoms with Gasteiger partial charge in [0.1, 0.15) is 0 Å². The molecule has 3 aromatic rings. The molecule has 0 radical (unpaired) electrons. The fourth-order valence-electron chi connectivity index (χ4n) is 2.69. The van der Waals surface area contributed by atoms with E-state index in [4.69, 9.17) is 11.6 Å². The Kier molecular flexibility index (Phi) is 3.56. The van der Waals surface area contributed by atoms with Gasteiger partial charge in [-0.05, 0) is 23.6 Å². The lowest BCUT2D eigenvalue weighted by Crippen LogP contribution is -2.17. The van der Waals surface area contributed by atoms with Crippen LogP contribution in [0.3, 0.4) is 0 Å². The van der Waals surface area contributed by atoms with Crippen LogP contribution < -0.4 is 0 Å². The summed E-state index contributed by atoms with van der Waals surface area (Å²) < 4.78 is 0. The van der Waals surface area contributed by atoms with Gasteiger partial charge in [-0.2, -0.15) is 0 Å². The summed E-state index contributed by atoms with van der Waals surface area (Å²) in [6.07, 6.45) is 2.33. The molecule has 0 atom stereocenters. The Hall–Kier alpha value is -2.30. The average molecular weight is 339 g/mol. The summed E-state index contributed by atoms with van der Waals surface area (Å²) in [7, 11) is 0. The molecule has 2 aromatic heterocycles. The first-order valence-electron chi connectivity index (χ1n) is 7.12. The third kappa shape index (κ3) is 2.50. The van der Waals surface area contributed by atoms with Crippen molar-refractivity contribution < 1.29 is 4.79 Å². The molecule has 23 heavy (non-hydrogen) atoms. The number of hydrogen-bond acceptors (Lipinski definition) is 3. The van der Waals surface area contributed by atoms with Gasteiger partial charge in [-0.25, -0.2) is 4.99 Å². The smallest absolute Gasteiger partial charge is 0.267 e. The molecule has 0 fully saturated rings. The maximum Gasteiger partial charge on any atom is 0.279 e. The zero-order valence-corrected chi connectivity index (χ0v) is 13.6. The number of amides is 1. The van der Waals surface area contributed by atoms with Crippen LogP contribution in [0.5, 0.6) is 0 Å². The highest BCUT2D eigenvalue weighted by Crippen LogP contribution is 2.38. The predicted octanol–water partition coefficient (Wildman–Crippen LogP) is 4.65. The highest BCUT2D eigenvalue weighted by Gasteiger charge is 2.27. The second-order valence-electron chi connectivity index (χ2n) is 5.18. The number of carbonyl (C=O) groups excluding carboxylic acids is 1. The van der Waals surface area contributed by atoms with Crippen molar-refractivity contribution in [3.63, 3.8) is 0 Å². The number of benzene rings is 1. The Morgan fingerprint density at radius 2 is 1.87 bits per heavy atom. The number of thiophene rings is 1. The van der Waals surface area contributed by atoms with Crippen molar-refractivity contribution in [2.24, 2.45) is 4.99 Å². The van der Waals surface area contributed by atoms with Gasteiger partial charge in [-0.1, -0.05) is 35.9 Å². The van der Waals surface area contributed by atoms with Gasteiger partial charge in [0.15, 0.2) is 0 Å². The largest absolute Gasteiger partial charge is 0.279 e. The van der Waals surface area contributed by atoms with Gasteiger partial charge in [0, 0.05) is 33.6 Å². The van der Waals surface area contributed by atoms with Crippen LogP contribution in [0.1, 0.15) is 20.9 Å². The number of hydrogen-bond donors (Lipinski definition) is 0. The van der Waals surface area contributed by atoms with E-state index in [1.807, 2.05) is 47.8 Å². The van der Waals surface area contributed by atoms with E-state index in [2.05, 4.69) is 9.98 Å². The minimum Gasteiger partial charge on any atom is -0.267 e. The van der Waals surface area contributed by atoms with Crippen molar-refractivity contribution in [2.45, 2.75) is 6.42 Å². The number of nitrogens with zero attached hydrogens (tertiary/aromatic N) is 2. The third-order valence-corrected chi connectivity index (χ3v) is 5.09. The molecule has 0 N–H and O–H groups in total. The van der Waals surface area contributed by atoms with Gasteiger partial charge in [-0.15, -0.1) is 11.3 Å². The van der Waals surface area contributed by atoms with Gasteiger partial charge >= 0.3 is 0 Å². The molecule has 0 spiro atoms. The lowest BCUT2D eigenvalue weighted by molar-refractivity contribution is 0.100. The van der Waals surface area contributed by atoms with Gasteiger partial charge in [0.25, 0.3) is 5.91 Å². The van der Waals surface area contributed by atoms with Crippen molar-refractivity contribution in [3.05, 3.63) is 75.2 Å². The third-order valence-electron chi connectivity index (χ3n) is 3.77. The van der Waals surface area contributed by atoms with E-state index < -0.39 is 0 Å². The van der Waals surface area contributed by atoms with Gasteiger partial charge in [-0.3, -0.25) is 9.78 Å². The number of fused-ring (bicyclic) bond motifs is 1. The van der Waals surface area contributed by atoms with E-state index in [9.17, 15) is 4.79 Å². The first-order valence-corrected chi connectivity index (χ1v) is 8.38. The molecule has 0 saturated heterocycles. The van der Waals surface area contributed by atoms with Crippen LogP contribution in [0.25, 0.3) is 11.1 Å². The number of pyridine rings is 1. The molecule has 3 heterocycles. The minimum atomic E-state index is -0.219. The van der Waals surface area contributed by atoms with Crippen LogP contribution in [-0.4, -0.2) is 16.6 Å². The molecular formula is C18H11ClN2OS. The SMILES string of the molecule is O=C1N=C(c2ccccn2)Cc2scc(-c3ccccc3Cl)c21. The van der Waals surface area contributed by atoms with E-state index in [1.54, 1.807) is 17.5 Å². The normalized spacial score (nSPS) is 13.6. The van der Waals surface area contributed by atoms with Crippen LogP contribution in [-0.2, 0) is 6.42 Å². The van der Waals surface area contributed by atoms with E-state index in [-0.39, 0.29) is 5.91 Å². The summed E-state index contributed by atoms with van der Waals surface area (Å²) >= 11 is 7.85. The number of aromatic nitrogens is 1. The molecule has 5 heteroatoms. The minimum absolute atomic E-state index is 0.219. The zero-order chi connectivity index (χ0) is 15.8. The summed E-state index contributed by atoms with van der Waals surface area (Å²) in [4.78, 5) is 22.1. The second kappa shape index (κ2) is 5.72. The number of carbonyl (C=O) groups is 1. The zero-order valence-electron chi connectivity index (χ0n) is 12.0. The number of halogens is 1. The van der Waals surface area contributed by atoms with E-state index in [0.717, 1.165) is 27.4 Å². The Morgan fingerprint density at radius 3 is 2.65 bits per heavy atom. The summed E-state index contributed by atoms with van der Waals surface area (Å²) in [6, 6.07) is 13.2. The molecular weight excluding hydrogens is 328 g/mol. The molecule has 0 bridgehead atoms. The molecule has 1 amide bonds. The average Bonchev–Trinajstić information content (AvgIpc) is 3.00. The van der Waals surface area contributed by atoms with Crippen LogP contribution in [0, 0.1) is 0 Å². The molecule has 0 unspecified atom stereocenters. The van der Waals surface area contributed by atoms with Crippen LogP contribution >= 0.6 is 22.9 Å². The van der Waals surface area contributed by atoms with Crippen LogP contribution in [0.4, 0.5) is 0 Å². The molecule has 4 rings (SSSR count). The Labute approximate surface area is 142 Å². The fourth-order valence-corrected chi connectivity index (χ4v) is 3.97. The van der Waals surface area contributed by atoms with Gasteiger partial charge in [0.05, 0.1) is 17.0 Å². The predicted molar refractivity (Wildman–Crippen MR) is 93.6 cm³/mol. The summed E-state index contributed by atoms with van der Waals surface area (Å²) in [5.41, 5.74) is 3.87. The van der Waals surface area contributed by atoms with Crippen molar-refractivity contribution in [3.8, 4) is 11.1 Å². The van der Waals surface area contributed by atoms with Crippen LogP contribution in [0.15, 0.2) is 59.0 Å². The first kappa shape index (κ1) is 14.3. The summed E-state index contributed by atoms with van der Waals surface area (Å²) in [5.74, 6) is -0.219. The lowest BCUT2D eigenvalue weighted by atomic mass is 9.97. The highest BCUT2D eigenvalue weighted by atomic mass is 35.5. The molecule has 0 aliphatic carbocycles. The molecule has 3 nitrogen and oxygen atoms in total. The Balaban J connectivity index is 1.79. The van der Waals surface area contributed by atoms with E-state index >= 15 is 0 Å². The molecule has 0 saturated carbocycles. The second-order valence-corrected chi connectivity index (χ2v) is 6.55. The summed E-state index contributed by atoms with van der Waals surface area (Å²) in [6.45, 7) is 0.